The Hall–Kier alpha value is -2.78. The first-order valence-electron chi connectivity index (χ1n) is 12.5. The van der Waals surface area contributed by atoms with Crippen molar-refractivity contribution in [1.82, 2.24) is 5.32 Å². The first-order valence-corrected chi connectivity index (χ1v) is 12.8. The molecular formula is C30H31ClF2N2O. The lowest BCUT2D eigenvalue weighted by Gasteiger charge is -2.42. The van der Waals surface area contributed by atoms with Gasteiger partial charge in [0.25, 0.3) is 0 Å². The molecule has 3 aromatic rings. The summed E-state index contributed by atoms with van der Waals surface area (Å²) in [5.41, 5.74) is 1.90. The second-order valence-electron chi connectivity index (χ2n) is 9.93. The maximum Gasteiger partial charge on any atom is 0.126 e. The molecule has 0 heterocycles. The largest absolute Gasteiger partial charge is 0.388 e. The number of nitrogens with zero attached hydrogens (tertiary/aromatic N) is 1. The van der Waals surface area contributed by atoms with Crippen molar-refractivity contribution in [2.75, 3.05) is 0 Å². The van der Waals surface area contributed by atoms with Crippen LogP contribution >= 0.6 is 11.6 Å². The molecule has 0 aromatic heterocycles. The molecule has 1 saturated carbocycles. The van der Waals surface area contributed by atoms with E-state index in [1.165, 1.54) is 12.1 Å². The summed E-state index contributed by atoms with van der Waals surface area (Å²) >= 11 is 6.09. The Morgan fingerprint density at radius 2 is 1.64 bits per heavy atom. The van der Waals surface area contributed by atoms with E-state index in [1.54, 1.807) is 6.07 Å². The average Bonchev–Trinajstić information content (AvgIpc) is 2.86. The van der Waals surface area contributed by atoms with Gasteiger partial charge in [0, 0.05) is 23.0 Å². The minimum atomic E-state index is -1.12. The molecule has 6 heteroatoms. The molecule has 2 unspecified atom stereocenters. The van der Waals surface area contributed by atoms with Crippen molar-refractivity contribution in [3.05, 3.63) is 106 Å². The second kappa shape index (κ2) is 11.5. The summed E-state index contributed by atoms with van der Waals surface area (Å²) in [6, 6.07) is 20.0. The predicted molar refractivity (Wildman–Crippen MR) is 139 cm³/mol. The Balaban J connectivity index is 1.71. The van der Waals surface area contributed by atoms with Crippen LogP contribution in [0.15, 0.2) is 66.7 Å². The zero-order valence-electron chi connectivity index (χ0n) is 20.4. The molecule has 0 amide bonds. The Kier molecular flexibility index (Phi) is 8.41. The second-order valence-corrected chi connectivity index (χ2v) is 10.4. The van der Waals surface area contributed by atoms with Crippen molar-refractivity contribution in [2.24, 2.45) is 0 Å². The van der Waals surface area contributed by atoms with Crippen molar-refractivity contribution < 1.29 is 13.9 Å². The highest BCUT2D eigenvalue weighted by molar-refractivity contribution is 6.30. The van der Waals surface area contributed by atoms with Crippen LogP contribution in [0, 0.1) is 23.0 Å². The van der Waals surface area contributed by atoms with Gasteiger partial charge in [0.15, 0.2) is 0 Å². The number of aliphatic hydroxyl groups is 1. The van der Waals surface area contributed by atoms with E-state index in [4.69, 9.17) is 11.6 Å². The highest BCUT2D eigenvalue weighted by Crippen LogP contribution is 2.40. The van der Waals surface area contributed by atoms with E-state index in [0.29, 0.717) is 35.4 Å². The minimum Gasteiger partial charge on any atom is -0.388 e. The third-order valence-corrected chi connectivity index (χ3v) is 7.57. The van der Waals surface area contributed by atoms with Gasteiger partial charge in [-0.05, 0) is 79.3 Å². The van der Waals surface area contributed by atoms with Crippen LogP contribution in [0.5, 0.6) is 0 Å². The van der Waals surface area contributed by atoms with Crippen LogP contribution in [0.25, 0.3) is 0 Å². The molecule has 0 aliphatic heterocycles. The molecule has 188 valence electrons. The molecule has 1 fully saturated rings. The zero-order chi connectivity index (χ0) is 25.7. The number of halogens is 3. The third-order valence-electron chi connectivity index (χ3n) is 7.32. The molecule has 0 radical (unpaired) electrons. The number of hydrogen-bond donors (Lipinski definition) is 2. The van der Waals surface area contributed by atoms with Crippen LogP contribution in [0.2, 0.25) is 5.02 Å². The van der Waals surface area contributed by atoms with Gasteiger partial charge in [0.05, 0.1) is 23.3 Å². The highest BCUT2D eigenvalue weighted by Gasteiger charge is 2.40. The number of benzene rings is 3. The maximum absolute atomic E-state index is 14.3. The summed E-state index contributed by atoms with van der Waals surface area (Å²) in [7, 11) is 0. The van der Waals surface area contributed by atoms with E-state index in [-0.39, 0.29) is 12.0 Å². The summed E-state index contributed by atoms with van der Waals surface area (Å²) in [5.74, 6) is -1.40. The molecule has 3 atom stereocenters. The summed E-state index contributed by atoms with van der Waals surface area (Å²) in [4.78, 5) is 0. The van der Waals surface area contributed by atoms with Crippen LogP contribution in [0.4, 0.5) is 8.78 Å². The van der Waals surface area contributed by atoms with E-state index in [1.807, 2.05) is 49.4 Å². The van der Waals surface area contributed by atoms with Gasteiger partial charge < -0.3 is 10.4 Å². The lowest BCUT2D eigenvalue weighted by Crippen LogP contribution is -2.49. The SMILES string of the molecule is CC(N[C@@H](c1cc(F)cc(F)c1)C1(O)CCCCC1)C(Cc1ccc(Cl)cc1)c1cccc(C#N)c1. The van der Waals surface area contributed by atoms with E-state index in [0.717, 1.165) is 36.5 Å². The van der Waals surface area contributed by atoms with Crippen LogP contribution in [-0.2, 0) is 6.42 Å². The minimum absolute atomic E-state index is 0.0763. The molecular weight excluding hydrogens is 478 g/mol. The fourth-order valence-corrected chi connectivity index (χ4v) is 5.56. The number of hydrogen-bond acceptors (Lipinski definition) is 3. The highest BCUT2D eigenvalue weighted by atomic mass is 35.5. The van der Waals surface area contributed by atoms with Crippen molar-refractivity contribution in [3.63, 3.8) is 0 Å². The van der Waals surface area contributed by atoms with Crippen molar-refractivity contribution >= 4 is 11.6 Å². The molecule has 1 aliphatic carbocycles. The fraction of sp³-hybridized carbons (Fsp3) is 0.367. The van der Waals surface area contributed by atoms with Crippen LogP contribution in [0.1, 0.15) is 73.2 Å². The van der Waals surface area contributed by atoms with Gasteiger partial charge in [-0.1, -0.05) is 55.1 Å². The first kappa shape index (κ1) is 26.3. The lowest BCUT2D eigenvalue weighted by molar-refractivity contribution is -0.0353. The Morgan fingerprint density at radius 3 is 2.28 bits per heavy atom. The van der Waals surface area contributed by atoms with Gasteiger partial charge in [-0.25, -0.2) is 8.78 Å². The molecule has 36 heavy (non-hydrogen) atoms. The van der Waals surface area contributed by atoms with Gasteiger partial charge in [-0.3, -0.25) is 0 Å². The maximum atomic E-state index is 14.3. The Morgan fingerprint density at radius 1 is 0.972 bits per heavy atom. The molecule has 3 aromatic carbocycles. The summed E-state index contributed by atoms with van der Waals surface area (Å²) in [6.07, 6.45) is 4.52. The van der Waals surface area contributed by atoms with Crippen molar-refractivity contribution in [1.29, 1.82) is 5.26 Å². The summed E-state index contributed by atoms with van der Waals surface area (Å²) in [5, 5.41) is 25.4. The molecule has 0 spiro atoms. The molecule has 1 aliphatic rings. The zero-order valence-corrected chi connectivity index (χ0v) is 21.1. The molecule has 0 saturated heterocycles. The monoisotopic (exact) mass is 508 g/mol. The van der Waals surface area contributed by atoms with Gasteiger partial charge in [0.2, 0.25) is 0 Å². The van der Waals surface area contributed by atoms with Gasteiger partial charge in [0.1, 0.15) is 11.6 Å². The standard InChI is InChI=1S/C30H31ClF2N2O/c1-20(28(15-21-8-10-25(31)11-9-21)23-7-5-6-22(14-23)19-34)35-29(30(36)12-3-2-4-13-30)24-16-26(32)18-27(33)17-24/h5-11,14,16-18,20,28-29,35-36H,2-4,12-13,15H2,1H3/t20?,28?,29-/m0/s1. The van der Waals surface area contributed by atoms with E-state index < -0.39 is 23.3 Å². The van der Waals surface area contributed by atoms with Crippen LogP contribution in [-0.4, -0.2) is 16.7 Å². The summed E-state index contributed by atoms with van der Waals surface area (Å²) < 4.78 is 28.5. The van der Waals surface area contributed by atoms with E-state index >= 15 is 0 Å². The number of nitriles is 1. The van der Waals surface area contributed by atoms with E-state index in [2.05, 4.69) is 11.4 Å². The molecule has 2 N–H and O–H groups in total. The average molecular weight is 509 g/mol. The quantitative estimate of drug-likeness (QED) is 0.337. The van der Waals surface area contributed by atoms with Crippen molar-refractivity contribution in [2.45, 2.75) is 69.1 Å². The van der Waals surface area contributed by atoms with Crippen LogP contribution < -0.4 is 5.32 Å². The predicted octanol–water partition coefficient (Wildman–Crippen LogP) is 7.23. The van der Waals surface area contributed by atoms with Crippen LogP contribution in [0.3, 0.4) is 0 Å². The topological polar surface area (TPSA) is 56.0 Å². The lowest BCUT2D eigenvalue weighted by atomic mass is 9.75. The normalized spacial score (nSPS) is 17.7. The Bertz CT molecular complexity index is 1200. The van der Waals surface area contributed by atoms with Crippen molar-refractivity contribution in [3.8, 4) is 6.07 Å². The molecule has 4 rings (SSSR count). The van der Waals surface area contributed by atoms with Gasteiger partial charge in [-0.15, -0.1) is 0 Å². The third kappa shape index (κ3) is 6.31. The van der Waals surface area contributed by atoms with Gasteiger partial charge in [-0.2, -0.15) is 5.26 Å². The summed E-state index contributed by atoms with van der Waals surface area (Å²) in [6.45, 7) is 2.02. The number of rotatable bonds is 8. The molecule has 3 nitrogen and oxygen atoms in total. The van der Waals surface area contributed by atoms with E-state index in [9.17, 15) is 19.1 Å². The fourth-order valence-electron chi connectivity index (χ4n) is 5.43. The Labute approximate surface area is 216 Å². The van der Waals surface area contributed by atoms with Gasteiger partial charge >= 0.3 is 0 Å². The smallest absolute Gasteiger partial charge is 0.126 e. The molecule has 0 bridgehead atoms. The number of nitrogens with one attached hydrogen (secondary N) is 1. The first-order chi connectivity index (χ1) is 17.3.